The van der Waals surface area contributed by atoms with E-state index < -0.39 is 0 Å². The molecule has 0 heterocycles. The highest BCUT2D eigenvalue weighted by molar-refractivity contribution is 6.35. The molecule has 0 spiro atoms. The highest BCUT2D eigenvalue weighted by Gasteiger charge is 2.22. The van der Waals surface area contributed by atoms with Gasteiger partial charge in [0.1, 0.15) is 5.78 Å². The highest BCUT2D eigenvalue weighted by Crippen LogP contribution is 2.32. The van der Waals surface area contributed by atoms with Crippen molar-refractivity contribution in [1.29, 1.82) is 0 Å². The zero-order chi connectivity index (χ0) is 8.72. The van der Waals surface area contributed by atoms with Crippen LogP contribution in [0.15, 0.2) is 12.1 Å². The molecule has 1 aliphatic rings. The number of benzene rings is 1. The van der Waals surface area contributed by atoms with Crippen LogP contribution in [0.4, 0.5) is 0 Å². The minimum atomic E-state index is 0.194. The molecule has 0 saturated carbocycles. The summed E-state index contributed by atoms with van der Waals surface area (Å²) in [4.78, 5) is 11.1. The fourth-order valence-electron chi connectivity index (χ4n) is 1.47. The van der Waals surface area contributed by atoms with E-state index in [9.17, 15) is 4.79 Å². The van der Waals surface area contributed by atoms with Gasteiger partial charge < -0.3 is 0 Å². The Kier molecular flexibility index (Phi) is 1.85. The third-order valence-corrected chi connectivity index (χ3v) is 2.77. The molecule has 12 heavy (non-hydrogen) atoms. The van der Waals surface area contributed by atoms with Crippen molar-refractivity contribution in [2.75, 3.05) is 0 Å². The Balaban J connectivity index is 2.64. The molecule has 1 aromatic rings. The molecule has 0 N–H and O–H groups in total. The molecule has 2 rings (SSSR count). The lowest BCUT2D eigenvalue weighted by molar-refractivity contribution is -0.117. The van der Waals surface area contributed by atoms with Crippen LogP contribution in [0.3, 0.4) is 0 Å². The SMILES string of the molecule is O=C1Cc2c(Cl)ccc(Cl)c2C1. The second-order valence-electron chi connectivity index (χ2n) is 2.88. The number of fused-ring (bicyclic) bond motifs is 1. The van der Waals surface area contributed by atoms with Crippen molar-refractivity contribution in [2.45, 2.75) is 12.8 Å². The molecule has 1 aliphatic carbocycles. The Morgan fingerprint density at radius 1 is 1.00 bits per heavy atom. The zero-order valence-corrected chi connectivity index (χ0v) is 7.74. The lowest BCUT2D eigenvalue weighted by Crippen LogP contribution is -1.92. The molecule has 3 heteroatoms. The predicted molar refractivity (Wildman–Crippen MR) is 48.9 cm³/mol. The van der Waals surface area contributed by atoms with Gasteiger partial charge in [-0.25, -0.2) is 0 Å². The first-order valence-electron chi connectivity index (χ1n) is 3.66. The molecule has 1 aromatic carbocycles. The van der Waals surface area contributed by atoms with Crippen molar-refractivity contribution in [3.05, 3.63) is 33.3 Å². The van der Waals surface area contributed by atoms with Crippen LogP contribution in [0.5, 0.6) is 0 Å². The molecular formula is C9H6Cl2O. The van der Waals surface area contributed by atoms with E-state index in [1.54, 1.807) is 12.1 Å². The Bertz CT molecular complexity index is 325. The summed E-state index contributed by atoms with van der Waals surface area (Å²) < 4.78 is 0. The van der Waals surface area contributed by atoms with Gasteiger partial charge >= 0.3 is 0 Å². The first-order chi connectivity index (χ1) is 5.68. The van der Waals surface area contributed by atoms with Crippen LogP contribution in [0.25, 0.3) is 0 Å². The summed E-state index contributed by atoms with van der Waals surface area (Å²) in [5.41, 5.74) is 1.82. The van der Waals surface area contributed by atoms with E-state index in [-0.39, 0.29) is 5.78 Å². The number of halogens is 2. The van der Waals surface area contributed by atoms with Gasteiger partial charge in [-0.3, -0.25) is 4.79 Å². The number of carbonyl (C=O) groups excluding carboxylic acids is 1. The predicted octanol–water partition coefficient (Wildman–Crippen LogP) is 2.66. The van der Waals surface area contributed by atoms with Crippen LogP contribution >= 0.6 is 23.2 Å². The summed E-state index contributed by atoms with van der Waals surface area (Å²) in [6, 6.07) is 3.47. The number of rotatable bonds is 0. The quantitative estimate of drug-likeness (QED) is 0.630. The summed E-state index contributed by atoms with van der Waals surface area (Å²) in [6.07, 6.45) is 0.878. The molecule has 0 radical (unpaired) electrons. The number of hydrogen-bond donors (Lipinski definition) is 0. The van der Waals surface area contributed by atoms with Crippen LogP contribution in [0.1, 0.15) is 11.1 Å². The van der Waals surface area contributed by atoms with Gasteiger partial charge in [0.25, 0.3) is 0 Å². The summed E-state index contributed by atoms with van der Waals surface area (Å²) in [6.45, 7) is 0. The van der Waals surface area contributed by atoms with E-state index in [4.69, 9.17) is 23.2 Å². The minimum absolute atomic E-state index is 0.194. The molecule has 0 aromatic heterocycles. The van der Waals surface area contributed by atoms with E-state index in [0.717, 1.165) is 11.1 Å². The lowest BCUT2D eigenvalue weighted by Gasteiger charge is -2.01. The molecule has 0 atom stereocenters. The number of ketones is 1. The van der Waals surface area contributed by atoms with Gasteiger partial charge in [-0.1, -0.05) is 23.2 Å². The second-order valence-corrected chi connectivity index (χ2v) is 3.69. The van der Waals surface area contributed by atoms with Gasteiger partial charge in [-0.2, -0.15) is 0 Å². The molecule has 0 amide bonds. The van der Waals surface area contributed by atoms with Gasteiger partial charge in [-0.15, -0.1) is 0 Å². The number of hydrogen-bond acceptors (Lipinski definition) is 1. The largest absolute Gasteiger partial charge is 0.299 e. The Hall–Kier alpha value is -0.530. The Labute approximate surface area is 80.3 Å². The maximum absolute atomic E-state index is 11.1. The van der Waals surface area contributed by atoms with E-state index in [2.05, 4.69) is 0 Å². The molecule has 0 saturated heterocycles. The topological polar surface area (TPSA) is 17.1 Å². The molecule has 1 nitrogen and oxygen atoms in total. The van der Waals surface area contributed by atoms with Gasteiger partial charge in [0.2, 0.25) is 0 Å². The van der Waals surface area contributed by atoms with Crippen LogP contribution in [0, 0.1) is 0 Å². The molecule has 0 unspecified atom stereocenters. The number of Topliss-reactive ketones (excluding diaryl/α,β-unsaturated/α-hetero) is 1. The molecule has 0 aliphatic heterocycles. The standard InChI is InChI=1S/C9H6Cl2O/c10-8-1-2-9(11)7-4-5(12)3-6(7)8/h1-2H,3-4H2. The van der Waals surface area contributed by atoms with Crippen LogP contribution in [0.2, 0.25) is 10.0 Å². The van der Waals surface area contributed by atoms with Crippen molar-refractivity contribution in [1.82, 2.24) is 0 Å². The maximum atomic E-state index is 11.1. The van der Waals surface area contributed by atoms with Gasteiger partial charge in [-0.05, 0) is 23.3 Å². The average Bonchev–Trinajstić information content (AvgIpc) is 2.41. The average molecular weight is 201 g/mol. The van der Waals surface area contributed by atoms with E-state index in [1.165, 1.54) is 0 Å². The van der Waals surface area contributed by atoms with Gasteiger partial charge in [0.15, 0.2) is 0 Å². The Morgan fingerprint density at radius 2 is 1.42 bits per heavy atom. The third-order valence-electron chi connectivity index (χ3n) is 2.06. The fourth-order valence-corrected chi connectivity index (χ4v) is 1.96. The van der Waals surface area contributed by atoms with E-state index in [0.29, 0.717) is 22.9 Å². The summed E-state index contributed by atoms with van der Waals surface area (Å²) in [5.74, 6) is 0.194. The van der Waals surface area contributed by atoms with E-state index in [1.807, 2.05) is 0 Å². The van der Waals surface area contributed by atoms with Crippen LogP contribution in [-0.2, 0) is 17.6 Å². The third kappa shape index (κ3) is 1.13. The minimum Gasteiger partial charge on any atom is -0.299 e. The van der Waals surface area contributed by atoms with Crippen molar-refractivity contribution in [2.24, 2.45) is 0 Å². The second kappa shape index (κ2) is 2.75. The number of carbonyl (C=O) groups is 1. The van der Waals surface area contributed by atoms with Crippen LogP contribution in [-0.4, -0.2) is 5.78 Å². The smallest absolute Gasteiger partial charge is 0.141 e. The van der Waals surface area contributed by atoms with Crippen LogP contribution < -0.4 is 0 Å². The normalized spacial score (nSPS) is 15.0. The van der Waals surface area contributed by atoms with Crippen molar-refractivity contribution < 1.29 is 4.79 Å². The van der Waals surface area contributed by atoms with Crippen molar-refractivity contribution in [3.63, 3.8) is 0 Å². The maximum Gasteiger partial charge on any atom is 0.141 e. The monoisotopic (exact) mass is 200 g/mol. The summed E-state index contributed by atoms with van der Waals surface area (Å²) in [7, 11) is 0. The Morgan fingerprint density at radius 3 is 1.83 bits per heavy atom. The zero-order valence-electron chi connectivity index (χ0n) is 6.23. The van der Waals surface area contributed by atoms with Crippen molar-refractivity contribution >= 4 is 29.0 Å². The first kappa shape index (κ1) is 8.09. The summed E-state index contributed by atoms with van der Waals surface area (Å²) >= 11 is 11.8. The van der Waals surface area contributed by atoms with E-state index >= 15 is 0 Å². The molecular weight excluding hydrogens is 195 g/mol. The van der Waals surface area contributed by atoms with Crippen molar-refractivity contribution in [3.8, 4) is 0 Å². The molecule has 0 fully saturated rings. The van der Waals surface area contributed by atoms with Gasteiger partial charge in [0, 0.05) is 22.9 Å². The fraction of sp³-hybridized carbons (Fsp3) is 0.222. The molecule has 0 bridgehead atoms. The first-order valence-corrected chi connectivity index (χ1v) is 4.41. The lowest BCUT2D eigenvalue weighted by atomic mass is 10.1. The highest BCUT2D eigenvalue weighted by atomic mass is 35.5. The molecule has 62 valence electrons. The summed E-state index contributed by atoms with van der Waals surface area (Å²) in [5, 5.41) is 1.31. The van der Waals surface area contributed by atoms with Gasteiger partial charge in [0.05, 0.1) is 0 Å².